The molecule has 0 saturated heterocycles. The molecule has 7 nitrogen and oxygen atoms in total. The Morgan fingerprint density at radius 1 is 1.19 bits per heavy atom. The highest BCUT2D eigenvalue weighted by Gasteiger charge is 2.34. The third kappa shape index (κ3) is 4.35. The van der Waals surface area contributed by atoms with Crippen LogP contribution in [0.3, 0.4) is 0 Å². The lowest BCUT2D eigenvalue weighted by Gasteiger charge is -2.37. The van der Waals surface area contributed by atoms with Crippen LogP contribution in [0.5, 0.6) is 5.75 Å². The van der Waals surface area contributed by atoms with Crippen molar-refractivity contribution in [2.45, 2.75) is 13.0 Å². The summed E-state index contributed by atoms with van der Waals surface area (Å²) in [4.78, 5) is 6.52. The number of methoxy groups -OCH3 is 2. The molecule has 166 valence electrons. The van der Waals surface area contributed by atoms with Crippen molar-refractivity contribution >= 4 is 22.9 Å². The standard InChI is InChI=1S/C23H23FN4O3S/c1-14-19(22-26-21(27-31-22)16-7-4-8-17(24)12-16)20(15-6-5-9-18(13-15)30-3)25-23(32)28(14)10-11-29-2/h4-9,12-13,20H,10-11H2,1-3H3,(H,25,32). The summed E-state index contributed by atoms with van der Waals surface area (Å²) in [7, 11) is 3.26. The number of halogens is 1. The average Bonchev–Trinajstić information content (AvgIpc) is 3.28. The van der Waals surface area contributed by atoms with Gasteiger partial charge in [0.05, 0.1) is 25.3 Å². The predicted octanol–water partition coefficient (Wildman–Crippen LogP) is 4.19. The largest absolute Gasteiger partial charge is 0.497 e. The molecule has 1 aromatic heterocycles. The second-order valence-corrected chi connectivity index (χ2v) is 7.62. The number of aromatic nitrogens is 2. The van der Waals surface area contributed by atoms with Gasteiger partial charge in [-0.2, -0.15) is 4.98 Å². The van der Waals surface area contributed by atoms with Crippen LogP contribution in [0.4, 0.5) is 4.39 Å². The lowest BCUT2D eigenvalue weighted by Crippen LogP contribution is -2.47. The van der Waals surface area contributed by atoms with E-state index in [4.69, 9.17) is 26.2 Å². The van der Waals surface area contributed by atoms with Crippen LogP contribution in [0.1, 0.15) is 24.4 Å². The Kier molecular flexibility index (Phi) is 6.48. The van der Waals surface area contributed by atoms with Crippen molar-refractivity contribution in [3.05, 3.63) is 71.5 Å². The summed E-state index contributed by atoms with van der Waals surface area (Å²) in [5, 5.41) is 8.04. The van der Waals surface area contributed by atoms with E-state index in [2.05, 4.69) is 15.5 Å². The van der Waals surface area contributed by atoms with E-state index in [1.807, 2.05) is 36.1 Å². The molecule has 3 aromatic rings. The van der Waals surface area contributed by atoms with Crippen molar-refractivity contribution < 1.29 is 18.4 Å². The molecule has 1 aliphatic rings. The minimum absolute atomic E-state index is 0.306. The minimum atomic E-state index is -0.367. The molecule has 1 atom stereocenters. The SMILES string of the molecule is COCCN1C(=S)NC(c2cccc(OC)c2)C(c2nc(-c3cccc(F)c3)no2)=C1C. The quantitative estimate of drug-likeness (QED) is 0.533. The first-order valence-electron chi connectivity index (χ1n) is 10.0. The van der Waals surface area contributed by atoms with Crippen molar-refractivity contribution in [2.75, 3.05) is 27.4 Å². The zero-order chi connectivity index (χ0) is 22.7. The van der Waals surface area contributed by atoms with Crippen LogP contribution >= 0.6 is 12.2 Å². The van der Waals surface area contributed by atoms with Crippen LogP contribution in [0.25, 0.3) is 17.0 Å². The maximum absolute atomic E-state index is 13.7. The van der Waals surface area contributed by atoms with Crippen molar-refractivity contribution in [2.24, 2.45) is 0 Å². The first-order valence-corrected chi connectivity index (χ1v) is 10.4. The first kappa shape index (κ1) is 21.9. The number of nitrogens with one attached hydrogen (secondary N) is 1. The number of benzene rings is 2. The fraction of sp³-hybridized carbons (Fsp3) is 0.261. The smallest absolute Gasteiger partial charge is 0.258 e. The summed E-state index contributed by atoms with van der Waals surface area (Å²) in [5.74, 6) is 0.988. The number of thiocarbonyl (C=S) groups is 1. The third-order valence-corrected chi connectivity index (χ3v) is 5.62. The summed E-state index contributed by atoms with van der Waals surface area (Å²) in [6, 6.07) is 13.4. The Labute approximate surface area is 190 Å². The van der Waals surface area contributed by atoms with E-state index in [1.165, 1.54) is 12.1 Å². The van der Waals surface area contributed by atoms with Crippen LogP contribution in [0.2, 0.25) is 0 Å². The molecule has 1 N–H and O–H groups in total. The Bertz CT molecular complexity index is 1160. The van der Waals surface area contributed by atoms with Gasteiger partial charge in [0.15, 0.2) is 5.11 Å². The molecule has 2 aromatic carbocycles. The van der Waals surface area contributed by atoms with Crippen molar-refractivity contribution in [1.29, 1.82) is 0 Å². The Balaban J connectivity index is 1.81. The monoisotopic (exact) mass is 454 g/mol. The Morgan fingerprint density at radius 2 is 2.00 bits per heavy atom. The Hall–Kier alpha value is -3.30. The number of ether oxygens (including phenoxy) is 2. The summed E-state index contributed by atoms with van der Waals surface area (Å²) < 4.78 is 30.0. The van der Waals surface area contributed by atoms with Gasteiger partial charge >= 0.3 is 0 Å². The number of nitrogens with zero attached hydrogens (tertiary/aromatic N) is 3. The number of rotatable bonds is 7. The van der Waals surface area contributed by atoms with E-state index in [0.717, 1.165) is 22.6 Å². The van der Waals surface area contributed by atoms with E-state index in [0.29, 0.717) is 35.5 Å². The van der Waals surface area contributed by atoms with Crippen LogP contribution in [-0.2, 0) is 4.74 Å². The highest BCUT2D eigenvalue weighted by atomic mass is 32.1. The average molecular weight is 455 g/mol. The molecular weight excluding hydrogens is 431 g/mol. The van der Waals surface area contributed by atoms with Crippen LogP contribution in [-0.4, -0.2) is 47.5 Å². The van der Waals surface area contributed by atoms with Gasteiger partial charge in [0, 0.05) is 24.9 Å². The molecule has 0 bridgehead atoms. The molecule has 0 radical (unpaired) electrons. The van der Waals surface area contributed by atoms with Gasteiger partial charge in [0.25, 0.3) is 5.89 Å². The van der Waals surface area contributed by atoms with Gasteiger partial charge in [0.1, 0.15) is 11.6 Å². The fourth-order valence-electron chi connectivity index (χ4n) is 3.66. The van der Waals surface area contributed by atoms with Crippen molar-refractivity contribution in [3.63, 3.8) is 0 Å². The highest BCUT2D eigenvalue weighted by molar-refractivity contribution is 7.80. The molecule has 4 rings (SSSR count). The molecule has 0 aliphatic carbocycles. The van der Waals surface area contributed by atoms with Crippen LogP contribution < -0.4 is 10.1 Å². The van der Waals surface area contributed by atoms with Crippen LogP contribution in [0.15, 0.2) is 58.8 Å². The molecule has 2 heterocycles. The summed E-state index contributed by atoms with van der Waals surface area (Å²) >= 11 is 5.64. The molecule has 0 spiro atoms. The second kappa shape index (κ2) is 9.46. The van der Waals surface area contributed by atoms with E-state index in [1.54, 1.807) is 26.4 Å². The third-order valence-electron chi connectivity index (χ3n) is 5.28. The van der Waals surface area contributed by atoms with Gasteiger partial charge < -0.3 is 24.2 Å². The summed E-state index contributed by atoms with van der Waals surface area (Å²) in [6.07, 6.45) is 0. The lowest BCUT2D eigenvalue weighted by molar-refractivity contribution is 0.183. The van der Waals surface area contributed by atoms with Crippen LogP contribution in [0, 0.1) is 5.82 Å². The van der Waals surface area contributed by atoms with Gasteiger partial charge in [-0.15, -0.1) is 0 Å². The molecule has 1 aliphatic heterocycles. The maximum atomic E-state index is 13.7. The number of allylic oxidation sites excluding steroid dienone is 1. The molecule has 0 amide bonds. The van der Waals surface area contributed by atoms with Gasteiger partial charge in [-0.05, 0) is 49.0 Å². The Morgan fingerprint density at radius 3 is 2.75 bits per heavy atom. The number of hydrogen-bond donors (Lipinski definition) is 1. The van der Waals surface area contributed by atoms with Gasteiger partial charge in [-0.25, -0.2) is 4.39 Å². The molecule has 0 saturated carbocycles. The lowest BCUT2D eigenvalue weighted by atomic mass is 9.94. The van der Waals surface area contributed by atoms with E-state index < -0.39 is 0 Å². The normalized spacial score (nSPS) is 16.3. The number of hydrogen-bond acceptors (Lipinski definition) is 6. The van der Waals surface area contributed by atoms with E-state index in [9.17, 15) is 4.39 Å². The summed E-state index contributed by atoms with van der Waals surface area (Å²) in [5.41, 5.74) is 3.11. The van der Waals surface area contributed by atoms with E-state index >= 15 is 0 Å². The molecule has 32 heavy (non-hydrogen) atoms. The zero-order valence-electron chi connectivity index (χ0n) is 18.0. The van der Waals surface area contributed by atoms with Gasteiger partial charge in [-0.3, -0.25) is 0 Å². The van der Waals surface area contributed by atoms with Gasteiger partial charge in [-0.1, -0.05) is 29.4 Å². The minimum Gasteiger partial charge on any atom is -0.497 e. The predicted molar refractivity (Wildman–Crippen MR) is 122 cm³/mol. The topological polar surface area (TPSA) is 72.7 Å². The van der Waals surface area contributed by atoms with Gasteiger partial charge in [0.2, 0.25) is 5.82 Å². The van der Waals surface area contributed by atoms with Crippen molar-refractivity contribution in [3.8, 4) is 17.1 Å². The fourth-order valence-corrected chi connectivity index (χ4v) is 4.01. The van der Waals surface area contributed by atoms with E-state index in [-0.39, 0.29) is 11.9 Å². The summed E-state index contributed by atoms with van der Waals surface area (Å²) in [6.45, 7) is 3.01. The molecule has 9 heteroatoms. The maximum Gasteiger partial charge on any atom is 0.258 e. The molecule has 1 unspecified atom stereocenters. The first-order chi connectivity index (χ1) is 15.5. The second-order valence-electron chi connectivity index (χ2n) is 7.24. The molecule has 0 fully saturated rings. The van der Waals surface area contributed by atoms with Crippen molar-refractivity contribution in [1.82, 2.24) is 20.4 Å². The molecular formula is C23H23FN4O3S. The highest BCUT2D eigenvalue weighted by Crippen LogP contribution is 2.38. The zero-order valence-corrected chi connectivity index (χ0v) is 18.8.